The van der Waals surface area contributed by atoms with Crippen LogP contribution in [-0.2, 0) is 4.79 Å². The minimum Gasteiger partial charge on any atom is -0.481 e. The van der Waals surface area contributed by atoms with E-state index in [1.165, 1.54) is 0 Å². The van der Waals surface area contributed by atoms with Crippen LogP contribution in [0.2, 0.25) is 0 Å². The van der Waals surface area contributed by atoms with Crippen molar-refractivity contribution in [1.82, 2.24) is 10.2 Å². The Bertz CT molecular complexity index is 286. The lowest BCUT2D eigenvalue weighted by Gasteiger charge is -2.27. The fourth-order valence-electron chi connectivity index (χ4n) is 2.42. The highest BCUT2D eigenvalue weighted by molar-refractivity contribution is 5.73. The van der Waals surface area contributed by atoms with E-state index in [-0.39, 0.29) is 11.9 Å². The molecule has 1 rings (SSSR count). The van der Waals surface area contributed by atoms with Gasteiger partial charge in [0.15, 0.2) is 0 Å². The number of carboxylic acids is 1. The molecule has 1 saturated carbocycles. The van der Waals surface area contributed by atoms with Crippen LogP contribution in [0.1, 0.15) is 39.0 Å². The Labute approximate surface area is 109 Å². The SMILES string of the molecule is CCCN(C)C(=O)NCC1CCC(C(=O)O)CC1. The van der Waals surface area contributed by atoms with E-state index in [1.807, 2.05) is 6.92 Å². The molecule has 2 N–H and O–H groups in total. The average Bonchev–Trinajstić information content (AvgIpc) is 2.36. The molecule has 0 aliphatic heterocycles. The van der Waals surface area contributed by atoms with Crippen LogP contribution in [0.4, 0.5) is 4.79 Å². The second-order valence-electron chi connectivity index (χ2n) is 5.16. The maximum atomic E-state index is 11.7. The van der Waals surface area contributed by atoms with Crippen LogP contribution in [0.5, 0.6) is 0 Å². The van der Waals surface area contributed by atoms with Crippen molar-refractivity contribution in [1.29, 1.82) is 0 Å². The van der Waals surface area contributed by atoms with E-state index in [9.17, 15) is 9.59 Å². The number of carboxylic acid groups (broad SMARTS) is 1. The van der Waals surface area contributed by atoms with Crippen molar-refractivity contribution < 1.29 is 14.7 Å². The fourth-order valence-corrected chi connectivity index (χ4v) is 2.42. The summed E-state index contributed by atoms with van der Waals surface area (Å²) in [6.07, 6.45) is 4.22. The minimum atomic E-state index is -0.680. The predicted molar refractivity (Wildman–Crippen MR) is 69.4 cm³/mol. The number of nitrogens with zero attached hydrogens (tertiary/aromatic N) is 1. The van der Waals surface area contributed by atoms with E-state index in [0.29, 0.717) is 12.5 Å². The molecule has 0 saturated heterocycles. The Balaban J connectivity index is 2.21. The monoisotopic (exact) mass is 256 g/mol. The number of hydrogen-bond acceptors (Lipinski definition) is 2. The molecule has 18 heavy (non-hydrogen) atoms. The molecule has 1 fully saturated rings. The molecule has 0 aromatic heterocycles. The summed E-state index contributed by atoms with van der Waals surface area (Å²) in [6.45, 7) is 3.47. The molecule has 0 heterocycles. The van der Waals surface area contributed by atoms with E-state index >= 15 is 0 Å². The van der Waals surface area contributed by atoms with Crippen LogP contribution in [0, 0.1) is 11.8 Å². The summed E-state index contributed by atoms with van der Waals surface area (Å²) >= 11 is 0. The number of hydrogen-bond donors (Lipinski definition) is 2. The summed E-state index contributed by atoms with van der Waals surface area (Å²) in [5.41, 5.74) is 0. The second-order valence-corrected chi connectivity index (χ2v) is 5.16. The normalized spacial score (nSPS) is 23.4. The third kappa shape index (κ3) is 4.55. The lowest BCUT2D eigenvalue weighted by atomic mass is 9.82. The van der Waals surface area contributed by atoms with Gasteiger partial charge in [-0.15, -0.1) is 0 Å². The van der Waals surface area contributed by atoms with E-state index in [0.717, 1.165) is 38.6 Å². The molecule has 0 atom stereocenters. The number of nitrogens with one attached hydrogen (secondary N) is 1. The molecule has 0 spiro atoms. The molecule has 5 nitrogen and oxygen atoms in total. The largest absolute Gasteiger partial charge is 0.481 e. The van der Waals surface area contributed by atoms with Gasteiger partial charge in [-0.05, 0) is 38.0 Å². The predicted octanol–water partition coefficient (Wildman–Crippen LogP) is 1.93. The summed E-state index contributed by atoms with van der Waals surface area (Å²) < 4.78 is 0. The first-order chi connectivity index (χ1) is 8.54. The molecule has 2 amide bonds. The van der Waals surface area contributed by atoms with Crippen LogP contribution in [-0.4, -0.2) is 42.1 Å². The standard InChI is InChI=1S/C13H24N2O3/c1-3-8-15(2)13(18)14-9-10-4-6-11(7-5-10)12(16)17/h10-11H,3-9H2,1-2H3,(H,14,18)(H,16,17). The highest BCUT2D eigenvalue weighted by Gasteiger charge is 2.26. The first-order valence-electron chi connectivity index (χ1n) is 6.76. The van der Waals surface area contributed by atoms with Crippen LogP contribution in [0.3, 0.4) is 0 Å². The van der Waals surface area contributed by atoms with Gasteiger partial charge in [0.05, 0.1) is 5.92 Å². The molecule has 0 aromatic rings. The van der Waals surface area contributed by atoms with Gasteiger partial charge in [-0.2, -0.15) is 0 Å². The van der Waals surface area contributed by atoms with Gasteiger partial charge >= 0.3 is 12.0 Å². The first-order valence-corrected chi connectivity index (χ1v) is 6.76. The van der Waals surface area contributed by atoms with Crippen molar-refractivity contribution in [3.63, 3.8) is 0 Å². The average molecular weight is 256 g/mol. The van der Waals surface area contributed by atoms with Crippen molar-refractivity contribution in [2.24, 2.45) is 11.8 Å². The Morgan fingerprint density at radius 3 is 2.39 bits per heavy atom. The zero-order chi connectivity index (χ0) is 13.5. The van der Waals surface area contributed by atoms with Gasteiger partial charge in [-0.25, -0.2) is 4.79 Å². The lowest BCUT2D eigenvalue weighted by Crippen LogP contribution is -2.40. The summed E-state index contributed by atoms with van der Waals surface area (Å²) in [5.74, 6) is -0.431. The topological polar surface area (TPSA) is 69.6 Å². The molecule has 0 aromatic carbocycles. The number of urea groups is 1. The third-order valence-corrected chi connectivity index (χ3v) is 3.64. The minimum absolute atomic E-state index is 0.0304. The molecule has 0 bridgehead atoms. The van der Waals surface area contributed by atoms with E-state index < -0.39 is 5.97 Å². The van der Waals surface area contributed by atoms with E-state index in [2.05, 4.69) is 5.32 Å². The van der Waals surface area contributed by atoms with Gasteiger partial charge in [0.25, 0.3) is 0 Å². The van der Waals surface area contributed by atoms with Crippen molar-refractivity contribution in [3.05, 3.63) is 0 Å². The molecule has 0 radical (unpaired) electrons. The summed E-state index contributed by atoms with van der Waals surface area (Å²) in [7, 11) is 1.79. The maximum absolute atomic E-state index is 11.7. The van der Waals surface area contributed by atoms with Crippen molar-refractivity contribution >= 4 is 12.0 Å². The van der Waals surface area contributed by atoms with E-state index in [4.69, 9.17) is 5.11 Å². The zero-order valence-electron chi connectivity index (χ0n) is 11.3. The number of aliphatic carboxylic acids is 1. The second kappa shape index (κ2) is 7.24. The number of amides is 2. The molecule has 1 aliphatic carbocycles. The van der Waals surface area contributed by atoms with Crippen LogP contribution >= 0.6 is 0 Å². The lowest BCUT2D eigenvalue weighted by molar-refractivity contribution is -0.143. The Hall–Kier alpha value is -1.26. The summed E-state index contributed by atoms with van der Waals surface area (Å²) in [4.78, 5) is 24.2. The van der Waals surface area contributed by atoms with Crippen LogP contribution in [0.25, 0.3) is 0 Å². The Morgan fingerprint density at radius 2 is 1.89 bits per heavy atom. The van der Waals surface area contributed by atoms with Crippen molar-refractivity contribution in [2.45, 2.75) is 39.0 Å². The molecule has 5 heteroatoms. The zero-order valence-corrected chi connectivity index (χ0v) is 11.3. The van der Waals surface area contributed by atoms with Gasteiger partial charge in [-0.1, -0.05) is 6.92 Å². The number of carbonyl (C=O) groups excluding carboxylic acids is 1. The molecule has 0 unspecified atom stereocenters. The van der Waals surface area contributed by atoms with Crippen molar-refractivity contribution in [3.8, 4) is 0 Å². The van der Waals surface area contributed by atoms with Crippen LogP contribution in [0.15, 0.2) is 0 Å². The smallest absolute Gasteiger partial charge is 0.317 e. The van der Waals surface area contributed by atoms with Crippen LogP contribution < -0.4 is 5.32 Å². The summed E-state index contributed by atoms with van der Waals surface area (Å²) in [5, 5.41) is 11.8. The van der Waals surface area contributed by atoms with Crippen molar-refractivity contribution in [2.75, 3.05) is 20.1 Å². The van der Waals surface area contributed by atoms with Gasteiger partial charge in [0.2, 0.25) is 0 Å². The fraction of sp³-hybridized carbons (Fsp3) is 0.846. The highest BCUT2D eigenvalue weighted by atomic mass is 16.4. The van der Waals surface area contributed by atoms with Gasteiger partial charge in [0.1, 0.15) is 0 Å². The third-order valence-electron chi connectivity index (χ3n) is 3.64. The first kappa shape index (κ1) is 14.8. The summed E-state index contributed by atoms with van der Waals surface area (Å²) in [6, 6.07) is -0.0304. The Morgan fingerprint density at radius 1 is 1.28 bits per heavy atom. The molecular weight excluding hydrogens is 232 g/mol. The number of rotatable bonds is 5. The van der Waals surface area contributed by atoms with Gasteiger partial charge in [0, 0.05) is 20.1 Å². The molecule has 1 aliphatic rings. The van der Waals surface area contributed by atoms with Gasteiger partial charge < -0.3 is 15.3 Å². The van der Waals surface area contributed by atoms with Gasteiger partial charge in [-0.3, -0.25) is 4.79 Å². The maximum Gasteiger partial charge on any atom is 0.317 e. The Kier molecular flexibility index (Phi) is 5.95. The highest BCUT2D eigenvalue weighted by Crippen LogP contribution is 2.28. The number of carbonyl (C=O) groups is 2. The molecular formula is C13H24N2O3. The van der Waals surface area contributed by atoms with E-state index in [1.54, 1.807) is 11.9 Å². The molecule has 104 valence electrons. The quantitative estimate of drug-likeness (QED) is 0.789.